The van der Waals surface area contributed by atoms with Gasteiger partial charge in [0, 0.05) is 35.7 Å². The summed E-state index contributed by atoms with van der Waals surface area (Å²) in [4.78, 5) is 123. The molecule has 0 aromatic heterocycles. The average molecular weight is 1210 g/mol. The first-order valence-electron chi connectivity index (χ1n) is 26.6. The monoisotopic (exact) mass is 1210 g/mol. The van der Waals surface area contributed by atoms with Crippen molar-refractivity contribution in [1.82, 2.24) is 37.2 Å². The molecule has 9 amide bonds. The Kier molecular flexibility index (Phi) is 28.1. The lowest BCUT2D eigenvalue weighted by atomic mass is 10.0. The molecular formula is C56H75ClN12O12S2. The topological polar surface area (TPSA) is 415 Å². The summed E-state index contributed by atoms with van der Waals surface area (Å²) in [5, 5.41) is 51.6. The van der Waals surface area contributed by atoms with Gasteiger partial charge in [-0.2, -0.15) is 0 Å². The van der Waals surface area contributed by atoms with E-state index in [0.717, 1.165) is 10.8 Å². The number of anilines is 1. The van der Waals surface area contributed by atoms with Gasteiger partial charge in [-0.25, -0.2) is 0 Å². The second-order valence-corrected chi connectivity index (χ2v) is 21.9. The van der Waals surface area contributed by atoms with E-state index >= 15 is 0 Å². The number of hydrogen-bond donors (Lipinski definition) is 16. The average Bonchev–Trinajstić information content (AvgIpc) is 3.60. The third-order valence-electron chi connectivity index (χ3n) is 13.0. The second kappa shape index (κ2) is 34.2. The maximum absolute atomic E-state index is 14.7. The van der Waals surface area contributed by atoms with Crippen LogP contribution in [-0.2, 0) is 68.8 Å². The Bertz CT molecular complexity index is 2820. The zero-order valence-corrected chi connectivity index (χ0v) is 48.6. The lowest BCUT2D eigenvalue weighted by Gasteiger charge is -2.28. The quantitative estimate of drug-likeness (QED) is 0.0168. The summed E-state index contributed by atoms with van der Waals surface area (Å²) in [6.45, 7) is 4.27. The van der Waals surface area contributed by atoms with E-state index in [1.165, 1.54) is 55.5 Å². The van der Waals surface area contributed by atoms with Crippen LogP contribution in [0.1, 0.15) is 62.3 Å². The van der Waals surface area contributed by atoms with E-state index in [2.05, 4.69) is 54.2 Å². The Morgan fingerprint density at radius 2 is 1.00 bits per heavy atom. The van der Waals surface area contributed by atoms with E-state index in [1.54, 1.807) is 62.4 Å². The number of unbranched alkanes of at least 4 members (excludes halogenated alkanes) is 1. The van der Waals surface area contributed by atoms with Crippen molar-refractivity contribution in [2.45, 2.75) is 120 Å². The zero-order valence-electron chi connectivity index (χ0n) is 46.1. The Morgan fingerprint density at radius 1 is 0.554 bits per heavy atom. The number of aliphatic hydroxyl groups is 1. The summed E-state index contributed by atoms with van der Waals surface area (Å²) in [5.74, 6) is -7.79. The molecule has 19 N–H and O–H groups in total. The van der Waals surface area contributed by atoms with Crippen molar-refractivity contribution >= 4 is 92.9 Å². The number of hydrogen-bond acceptors (Lipinski definition) is 17. The van der Waals surface area contributed by atoms with Crippen LogP contribution in [0.4, 0.5) is 5.69 Å². The van der Waals surface area contributed by atoms with Crippen LogP contribution in [0.3, 0.4) is 0 Å². The van der Waals surface area contributed by atoms with Gasteiger partial charge in [0.25, 0.3) is 0 Å². The number of primary amides is 1. The number of nitrogens with two attached hydrogens (primary N) is 4. The number of rotatable bonds is 33. The number of phenolic OH excluding ortho intramolecular Hbond substituents is 2. The number of aromatic hydroxyl groups is 2. The lowest BCUT2D eigenvalue weighted by molar-refractivity contribution is -0.136. The van der Waals surface area contributed by atoms with E-state index in [9.17, 15) is 58.5 Å². The first-order chi connectivity index (χ1) is 39.4. The van der Waals surface area contributed by atoms with Gasteiger partial charge in [-0.05, 0) is 116 Å². The van der Waals surface area contributed by atoms with E-state index in [4.69, 9.17) is 34.5 Å². The van der Waals surface area contributed by atoms with Crippen molar-refractivity contribution < 1.29 is 58.5 Å². The highest BCUT2D eigenvalue weighted by Gasteiger charge is 2.35. The number of carbonyl (C=O) groups is 9. The third kappa shape index (κ3) is 23.4. The van der Waals surface area contributed by atoms with E-state index < -0.39 is 114 Å². The Balaban J connectivity index is 1.62. The molecule has 24 nitrogen and oxygen atoms in total. The van der Waals surface area contributed by atoms with Gasteiger partial charge in [-0.15, -0.1) is 11.7 Å². The van der Waals surface area contributed by atoms with Crippen LogP contribution in [-0.4, -0.2) is 142 Å². The van der Waals surface area contributed by atoms with Gasteiger partial charge in [0.2, 0.25) is 53.2 Å². The fourth-order valence-corrected chi connectivity index (χ4v) is 9.09. The van der Waals surface area contributed by atoms with Gasteiger partial charge in [-0.3, -0.25) is 43.2 Å². The fraction of sp³-hybridized carbons (Fsp3) is 0.411. The van der Waals surface area contributed by atoms with E-state index in [-0.39, 0.29) is 68.2 Å². The number of phenols is 2. The molecule has 0 aliphatic heterocycles. The van der Waals surface area contributed by atoms with Crippen molar-refractivity contribution in [3.8, 4) is 11.5 Å². The van der Waals surface area contributed by atoms with Crippen LogP contribution >= 0.6 is 34.1 Å². The van der Waals surface area contributed by atoms with Gasteiger partial charge in [0.05, 0.1) is 24.7 Å². The van der Waals surface area contributed by atoms with E-state index in [1.807, 2.05) is 0 Å². The molecule has 450 valence electrons. The summed E-state index contributed by atoms with van der Waals surface area (Å²) < 4.78 is 0. The minimum atomic E-state index is -1.70. The van der Waals surface area contributed by atoms with Crippen molar-refractivity contribution in [1.29, 1.82) is 0 Å². The first kappa shape index (κ1) is 68.0. The van der Waals surface area contributed by atoms with Gasteiger partial charge in [0.1, 0.15) is 47.8 Å². The summed E-state index contributed by atoms with van der Waals surface area (Å²) in [6.07, 6.45) is -1.37. The smallest absolute Gasteiger partial charge is 0.245 e. The summed E-state index contributed by atoms with van der Waals surface area (Å²) >= 11 is 10.2. The molecular weight excluding hydrogens is 1130 g/mol. The van der Waals surface area contributed by atoms with Gasteiger partial charge in [0.15, 0.2) is 0 Å². The number of halogens is 1. The molecule has 4 aromatic rings. The molecule has 4 aromatic carbocycles. The van der Waals surface area contributed by atoms with Crippen LogP contribution in [0.2, 0.25) is 5.02 Å². The molecule has 0 unspecified atom stereocenters. The molecule has 0 aliphatic carbocycles. The van der Waals surface area contributed by atoms with Crippen molar-refractivity contribution in [3.05, 3.63) is 124 Å². The predicted molar refractivity (Wildman–Crippen MR) is 318 cm³/mol. The summed E-state index contributed by atoms with van der Waals surface area (Å²) in [7, 11) is 0.930. The molecule has 0 fully saturated rings. The minimum Gasteiger partial charge on any atom is -0.508 e. The molecule has 0 bridgehead atoms. The summed E-state index contributed by atoms with van der Waals surface area (Å²) in [6, 6.07) is 14.0. The second-order valence-electron chi connectivity index (χ2n) is 20.1. The summed E-state index contributed by atoms with van der Waals surface area (Å²) in [5.41, 5.74) is 26.2. The van der Waals surface area contributed by atoms with Crippen LogP contribution in [0.15, 0.2) is 97.1 Å². The molecule has 0 aliphatic rings. The molecule has 0 saturated carbocycles. The van der Waals surface area contributed by atoms with Gasteiger partial charge in [-0.1, -0.05) is 84.8 Å². The van der Waals surface area contributed by atoms with Crippen molar-refractivity contribution in [2.75, 3.05) is 24.2 Å². The number of aliphatic hydroxyl groups excluding tert-OH is 1. The minimum absolute atomic E-state index is 0.0199. The highest BCUT2D eigenvalue weighted by atomic mass is 35.5. The van der Waals surface area contributed by atoms with Gasteiger partial charge < -0.3 is 80.8 Å². The molecule has 0 spiro atoms. The van der Waals surface area contributed by atoms with Crippen LogP contribution < -0.4 is 65.5 Å². The Hall–Kier alpha value is -7.46. The lowest BCUT2D eigenvalue weighted by Crippen LogP contribution is -2.61. The number of nitrogens with one attached hydrogen (secondary N) is 8. The molecule has 0 radical (unpaired) electrons. The molecule has 0 heterocycles. The van der Waals surface area contributed by atoms with Crippen LogP contribution in [0.25, 0.3) is 0 Å². The fourth-order valence-electron chi connectivity index (χ4n) is 8.13. The van der Waals surface area contributed by atoms with Crippen molar-refractivity contribution in [3.63, 3.8) is 0 Å². The standard InChI is InChI=1S/C56H75ClN12O12S2/c1-30(2)47(60)55(80)63-37-17-9-33(10-18-37)26-43(66-53(78)44(27-35-13-21-39(72)22-14-35)67-54(79)45(29-83-82)68-50(75)40(59)24-32-7-15-36(57)16-8-32)52(77)65-41(6-4-5-23-58)51(76)69-48(31(3)70)56(81)62-28-46(73)64-42(49(61)74)25-34-11-19-38(71)20-12-34/h7-22,30-31,40-45,47-48,70-72,82H,4-6,23-29,58-60H2,1-3H3,(H2,61,74)(H,62,81)(H,63,80)(H,64,73)(H,65,77)(H,66,78)(H,67,79)(H,68,75)(H,69,76)/t31-,40+,41+,42-,43-,44+,45-,47+,48+/m1/s1. The van der Waals surface area contributed by atoms with E-state index in [0.29, 0.717) is 39.4 Å². The molecule has 4 rings (SSSR count). The first-order valence-corrected chi connectivity index (χ1v) is 29.0. The Morgan fingerprint density at radius 3 is 1.48 bits per heavy atom. The maximum Gasteiger partial charge on any atom is 0.245 e. The van der Waals surface area contributed by atoms with Crippen LogP contribution in [0.5, 0.6) is 11.5 Å². The number of amides is 9. The molecule has 83 heavy (non-hydrogen) atoms. The number of thiol groups is 1. The number of carbonyl (C=O) groups excluding carboxylic acids is 9. The molecule has 9 atom stereocenters. The maximum atomic E-state index is 14.7. The van der Waals surface area contributed by atoms with Gasteiger partial charge >= 0.3 is 0 Å². The Labute approximate surface area is 495 Å². The zero-order chi connectivity index (χ0) is 61.3. The normalized spacial score (nSPS) is 14.4. The highest BCUT2D eigenvalue weighted by molar-refractivity contribution is 8.68. The van der Waals surface area contributed by atoms with Crippen LogP contribution in [0, 0.1) is 5.92 Å². The third-order valence-corrected chi connectivity index (χ3v) is 14.2. The highest BCUT2D eigenvalue weighted by Crippen LogP contribution is 2.18. The molecule has 0 saturated heterocycles. The SMILES string of the molecule is CC(C)[C@H](N)C(=O)Nc1ccc(C[C@@H](NC(=O)[C@H](Cc2ccc(O)cc2)NC(=O)[C@@H](CSS)NC(=O)[C@@H](N)Cc2ccc(Cl)cc2)C(=O)N[C@@H](CCCCN)C(=O)N[C@H](C(=O)NCC(=O)N[C@H](Cc2ccc(O)cc2)C(N)=O)[C@@H](C)O)cc1. The predicted octanol–water partition coefficient (Wildman–Crippen LogP) is -0.131. The van der Waals surface area contributed by atoms with Crippen molar-refractivity contribution in [2.24, 2.45) is 28.9 Å². The molecule has 27 heteroatoms. The number of benzene rings is 4. The largest absolute Gasteiger partial charge is 0.508 e.